The van der Waals surface area contributed by atoms with Crippen molar-refractivity contribution in [3.8, 4) is 5.75 Å². The van der Waals surface area contributed by atoms with E-state index < -0.39 is 0 Å². The van der Waals surface area contributed by atoms with E-state index in [0.29, 0.717) is 29.5 Å². The first kappa shape index (κ1) is 19.6. The average molecular weight is 380 g/mol. The summed E-state index contributed by atoms with van der Waals surface area (Å²) in [5.41, 5.74) is 7.05. The van der Waals surface area contributed by atoms with Gasteiger partial charge in [-0.2, -0.15) is 0 Å². The summed E-state index contributed by atoms with van der Waals surface area (Å²) in [7, 11) is 3.96. The minimum atomic E-state index is -0.0460. The quantitative estimate of drug-likeness (QED) is 0.647. The van der Waals surface area contributed by atoms with Gasteiger partial charge in [0.15, 0.2) is 0 Å². The highest BCUT2D eigenvalue weighted by Gasteiger charge is 2.17. The van der Waals surface area contributed by atoms with Gasteiger partial charge in [-0.3, -0.25) is 4.79 Å². The molecule has 0 aliphatic carbocycles. The Hall–Kier alpha value is -1.70. The lowest BCUT2D eigenvalue weighted by Gasteiger charge is -2.11. The number of hydrogen-bond acceptors (Lipinski definition) is 6. The molecule has 1 aromatic carbocycles. The predicted molar refractivity (Wildman–Crippen MR) is 109 cm³/mol. The van der Waals surface area contributed by atoms with Crippen molar-refractivity contribution in [1.29, 1.82) is 0 Å². The molecule has 0 radical (unpaired) electrons. The Bertz CT molecular complexity index is 793. The molecule has 1 heterocycles. The molecule has 0 aliphatic heterocycles. The minimum absolute atomic E-state index is 0.0460. The van der Waals surface area contributed by atoms with E-state index in [9.17, 15) is 4.79 Å². The summed E-state index contributed by atoms with van der Waals surface area (Å²) in [6.45, 7) is 5.48. The van der Waals surface area contributed by atoms with Crippen LogP contribution < -0.4 is 15.8 Å². The van der Waals surface area contributed by atoms with E-state index >= 15 is 0 Å². The summed E-state index contributed by atoms with van der Waals surface area (Å²) in [6, 6.07) is 5.79. The molecule has 0 bridgehead atoms. The normalized spacial score (nSPS) is 12.4. The monoisotopic (exact) mass is 379 g/mol. The number of nitrogens with two attached hydrogens (primary N) is 1. The van der Waals surface area contributed by atoms with Crippen LogP contribution in [0.15, 0.2) is 28.8 Å². The highest BCUT2D eigenvalue weighted by molar-refractivity contribution is 7.84. The number of thiol groups is 1. The number of rotatable bonds is 7. The summed E-state index contributed by atoms with van der Waals surface area (Å²) in [6.07, 6.45) is 0. The maximum Gasteiger partial charge on any atom is 0.253 e. The van der Waals surface area contributed by atoms with E-state index in [1.54, 1.807) is 18.3 Å². The molecular formula is C18H25N3O2S2. The topological polar surface area (TPSA) is 67.6 Å². The van der Waals surface area contributed by atoms with Crippen LogP contribution in [0.4, 0.5) is 0 Å². The lowest BCUT2D eigenvalue weighted by Crippen LogP contribution is -2.31. The van der Waals surface area contributed by atoms with Crippen LogP contribution in [0.1, 0.15) is 22.2 Å². The Balaban J connectivity index is 2.22. The van der Waals surface area contributed by atoms with Crippen molar-refractivity contribution in [3.63, 3.8) is 0 Å². The van der Waals surface area contributed by atoms with Gasteiger partial charge in [0.05, 0.1) is 5.56 Å². The molecule has 7 heteroatoms. The number of nitrogens with zero attached hydrogens (tertiary/aromatic N) is 1. The third-order valence-corrected chi connectivity index (χ3v) is 5.31. The number of nitrogens with one attached hydrogen (secondary N) is 1. The Labute approximate surface area is 158 Å². The van der Waals surface area contributed by atoms with Crippen molar-refractivity contribution in [2.75, 3.05) is 33.8 Å². The van der Waals surface area contributed by atoms with Crippen molar-refractivity contribution in [2.24, 2.45) is 5.73 Å². The maximum absolute atomic E-state index is 12.6. The first-order valence-corrected chi connectivity index (χ1v) is 9.29. The number of aryl methyl sites for hydroxylation is 1. The molecule has 0 aliphatic rings. The number of fused-ring (bicyclic) bond motifs is 1. The molecule has 0 spiro atoms. The van der Waals surface area contributed by atoms with Crippen LogP contribution in [0, 0.1) is 6.92 Å². The molecule has 0 atom stereocenters. The maximum atomic E-state index is 12.6. The summed E-state index contributed by atoms with van der Waals surface area (Å²) in [5.74, 6) is 0.649. The summed E-state index contributed by atoms with van der Waals surface area (Å²) < 4.78 is 6.81. The molecule has 136 valence electrons. The van der Waals surface area contributed by atoms with Gasteiger partial charge in [0.1, 0.15) is 12.4 Å². The van der Waals surface area contributed by atoms with E-state index in [0.717, 1.165) is 27.1 Å². The van der Waals surface area contributed by atoms with Crippen LogP contribution in [0.5, 0.6) is 5.75 Å². The number of thiophene rings is 1. The second-order valence-corrected chi connectivity index (χ2v) is 7.96. The molecule has 1 aromatic heterocycles. The van der Waals surface area contributed by atoms with Crippen LogP contribution in [0.3, 0.4) is 0 Å². The molecule has 2 rings (SSSR count). The van der Waals surface area contributed by atoms with Gasteiger partial charge in [-0.15, -0.1) is 24.0 Å². The Morgan fingerprint density at radius 2 is 2.12 bits per heavy atom. The smallest absolute Gasteiger partial charge is 0.253 e. The second-order valence-electron chi connectivity index (χ2n) is 6.17. The van der Waals surface area contributed by atoms with Crippen LogP contribution in [-0.4, -0.2) is 44.6 Å². The van der Waals surface area contributed by atoms with Crippen LogP contribution in [0.25, 0.3) is 10.1 Å². The zero-order valence-electron chi connectivity index (χ0n) is 15.0. The Morgan fingerprint density at radius 1 is 1.40 bits per heavy atom. The number of likely N-dealkylation sites (N-methyl/N-ethyl adjacent to an activating group) is 1. The lowest BCUT2D eigenvalue weighted by molar-refractivity contribution is 0.0952. The molecular weight excluding hydrogens is 354 g/mol. The molecule has 0 fully saturated rings. The molecule has 2 aromatic rings. The highest BCUT2D eigenvalue weighted by atomic mass is 32.1. The number of amides is 1. The fraction of sp³-hybridized carbons (Fsp3) is 0.389. The number of allylic oxidation sites excluding steroid dienone is 1. The van der Waals surface area contributed by atoms with Crippen LogP contribution in [-0.2, 0) is 0 Å². The van der Waals surface area contributed by atoms with Gasteiger partial charge < -0.3 is 20.7 Å². The standard InChI is InChI=1S/C18H25N3O2S2/c1-11(19)15(24)10-23-13-5-6-16-14(9-13)17(12(2)25-16)18(22)20-7-8-21(3)4/h5-6,9,24H,7-8,10,19H2,1-4H3,(H,20,22)/b15-11-. The van der Waals surface area contributed by atoms with E-state index in [4.69, 9.17) is 10.5 Å². The largest absolute Gasteiger partial charge is 0.488 e. The van der Waals surface area contributed by atoms with Gasteiger partial charge in [0.2, 0.25) is 0 Å². The molecule has 0 unspecified atom stereocenters. The highest BCUT2D eigenvalue weighted by Crippen LogP contribution is 2.33. The average Bonchev–Trinajstić information content (AvgIpc) is 2.87. The first-order chi connectivity index (χ1) is 11.8. The first-order valence-electron chi connectivity index (χ1n) is 8.02. The SMILES string of the molecule is C/C(N)=C(/S)COc1ccc2sc(C)c(C(=O)NCCN(C)C)c2c1. The fourth-order valence-electron chi connectivity index (χ4n) is 2.32. The van der Waals surface area contributed by atoms with E-state index in [1.165, 1.54) is 0 Å². The molecule has 25 heavy (non-hydrogen) atoms. The molecule has 0 saturated heterocycles. The Morgan fingerprint density at radius 3 is 2.76 bits per heavy atom. The van der Waals surface area contributed by atoms with Crippen LogP contribution >= 0.6 is 24.0 Å². The summed E-state index contributed by atoms with van der Waals surface area (Å²) >= 11 is 5.92. The van der Waals surface area contributed by atoms with Gasteiger partial charge in [0, 0.05) is 38.7 Å². The van der Waals surface area contributed by atoms with Gasteiger partial charge in [-0.05, 0) is 46.1 Å². The van der Waals surface area contributed by atoms with Gasteiger partial charge in [0.25, 0.3) is 5.91 Å². The third-order valence-electron chi connectivity index (χ3n) is 3.74. The zero-order valence-corrected chi connectivity index (χ0v) is 16.8. The van der Waals surface area contributed by atoms with E-state index in [2.05, 4.69) is 17.9 Å². The lowest BCUT2D eigenvalue weighted by atomic mass is 10.1. The van der Waals surface area contributed by atoms with Crippen molar-refractivity contribution in [1.82, 2.24) is 10.2 Å². The predicted octanol–water partition coefficient (Wildman–Crippen LogP) is 3.00. The molecule has 1 amide bonds. The van der Waals surface area contributed by atoms with Crippen molar-refractivity contribution < 1.29 is 9.53 Å². The van der Waals surface area contributed by atoms with Gasteiger partial charge in [-0.1, -0.05) is 0 Å². The molecule has 3 N–H and O–H groups in total. The number of ether oxygens (including phenoxy) is 1. The number of benzene rings is 1. The molecule has 5 nitrogen and oxygen atoms in total. The number of carbonyl (C=O) groups excluding carboxylic acids is 1. The fourth-order valence-corrected chi connectivity index (χ4v) is 3.42. The van der Waals surface area contributed by atoms with Crippen molar-refractivity contribution in [3.05, 3.63) is 39.2 Å². The van der Waals surface area contributed by atoms with Gasteiger partial charge in [-0.25, -0.2) is 0 Å². The summed E-state index contributed by atoms with van der Waals surface area (Å²) in [4.78, 5) is 16.3. The van der Waals surface area contributed by atoms with E-state index in [-0.39, 0.29) is 5.91 Å². The van der Waals surface area contributed by atoms with Crippen molar-refractivity contribution >= 4 is 40.0 Å². The van der Waals surface area contributed by atoms with Crippen molar-refractivity contribution in [2.45, 2.75) is 13.8 Å². The molecule has 0 saturated carbocycles. The minimum Gasteiger partial charge on any atom is -0.488 e. The second kappa shape index (κ2) is 8.60. The van der Waals surface area contributed by atoms with E-state index in [1.807, 2.05) is 44.1 Å². The number of carbonyl (C=O) groups is 1. The zero-order chi connectivity index (χ0) is 18.6. The Kier molecular flexibility index (Phi) is 6.75. The third kappa shape index (κ3) is 5.14. The van der Waals surface area contributed by atoms with Crippen LogP contribution in [0.2, 0.25) is 0 Å². The summed E-state index contributed by atoms with van der Waals surface area (Å²) in [5, 5.41) is 3.90. The van der Waals surface area contributed by atoms with Gasteiger partial charge >= 0.3 is 0 Å². The number of hydrogen-bond donors (Lipinski definition) is 3.